The predicted octanol–water partition coefficient (Wildman–Crippen LogP) is 3.37. The molecule has 0 bridgehead atoms. The molecule has 23 heavy (non-hydrogen) atoms. The number of aryl methyl sites for hydroxylation is 1. The number of hydrogen-bond acceptors (Lipinski definition) is 4. The maximum atomic E-state index is 12.9. The zero-order chi connectivity index (χ0) is 16.0. The fourth-order valence-corrected chi connectivity index (χ4v) is 5.15. The molecule has 0 unspecified atom stereocenters. The van der Waals surface area contributed by atoms with Gasteiger partial charge >= 0.3 is 0 Å². The number of anilines is 1. The normalized spacial score (nSPS) is 17.6. The van der Waals surface area contributed by atoms with Crippen LogP contribution in [0.15, 0.2) is 46.6 Å². The quantitative estimate of drug-likeness (QED) is 0.738. The number of rotatable bonds is 1. The molecule has 0 fully saturated rings. The second kappa shape index (κ2) is 5.54. The van der Waals surface area contributed by atoms with Crippen molar-refractivity contribution < 1.29 is 4.79 Å². The Morgan fingerprint density at radius 3 is 2.91 bits per heavy atom. The number of nitrogens with zero attached hydrogens (tertiary/aromatic N) is 1. The smallest absolute Gasteiger partial charge is 0.255 e. The number of thiophene rings is 1. The third kappa shape index (κ3) is 2.38. The first-order valence-corrected chi connectivity index (χ1v) is 9.15. The van der Waals surface area contributed by atoms with Gasteiger partial charge in [-0.1, -0.05) is 18.2 Å². The van der Waals surface area contributed by atoms with Crippen LogP contribution < -0.4 is 10.9 Å². The zero-order valence-electron chi connectivity index (χ0n) is 12.4. The highest BCUT2D eigenvalue weighted by Crippen LogP contribution is 2.43. The minimum atomic E-state index is -0.118. The molecule has 0 spiro atoms. The van der Waals surface area contributed by atoms with Gasteiger partial charge in [-0.15, -0.1) is 23.1 Å². The van der Waals surface area contributed by atoms with Crippen LogP contribution in [0.3, 0.4) is 0 Å². The lowest BCUT2D eigenvalue weighted by molar-refractivity contribution is -0.113. The van der Waals surface area contributed by atoms with Gasteiger partial charge in [-0.3, -0.25) is 9.59 Å². The van der Waals surface area contributed by atoms with Crippen molar-refractivity contribution >= 4 is 45.6 Å². The summed E-state index contributed by atoms with van der Waals surface area (Å²) in [5, 5.41) is 5.78. The van der Waals surface area contributed by atoms with Crippen LogP contribution in [0, 0.1) is 0 Å². The van der Waals surface area contributed by atoms with Gasteiger partial charge < -0.3 is 9.88 Å². The van der Waals surface area contributed by atoms with Crippen molar-refractivity contribution in [2.45, 2.75) is 5.25 Å². The molecule has 1 aliphatic heterocycles. The van der Waals surface area contributed by atoms with Gasteiger partial charge in [0.2, 0.25) is 5.91 Å². The molecule has 1 atom stereocenters. The monoisotopic (exact) mass is 342 g/mol. The number of thioether (sulfide) groups is 1. The molecular weight excluding hydrogens is 328 g/mol. The molecule has 3 heterocycles. The molecule has 1 amide bonds. The van der Waals surface area contributed by atoms with Crippen molar-refractivity contribution in [1.82, 2.24) is 4.57 Å². The van der Waals surface area contributed by atoms with Gasteiger partial charge in [0.25, 0.3) is 5.56 Å². The molecule has 1 aromatic carbocycles. The number of benzene rings is 1. The van der Waals surface area contributed by atoms with Gasteiger partial charge in [0, 0.05) is 17.5 Å². The highest BCUT2D eigenvalue weighted by Gasteiger charge is 2.27. The highest BCUT2D eigenvalue weighted by atomic mass is 32.2. The Labute approximate surface area is 141 Å². The average molecular weight is 342 g/mol. The Kier molecular flexibility index (Phi) is 3.50. The van der Waals surface area contributed by atoms with Crippen LogP contribution >= 0.6 is 23.1 Å². The molecule has 116 valence electrons. The van der Waals surface area contributed by atoms with Crippen molar-refractivity contribution in [3.05, 3.63) is 62.6 Å². The van der Waals surface area contributed by atoms with E-state index in [0.29, 0.717) is 5.75 Å². The van der Waals surface area contributed by atoms with Crippen molar-refractivity contribution in [3.8, 4) is 0 Å². The third-order valence-corrected chi connectivity index (χ3v) is 6.41. The summed E-state index contributed by atoms with van der Waals surface area (Å²) in [5.41, 5.74) is 2.47. The lowest BCUT2D eigenvalue weighted by Gasteiger charge is -2.16. The second-order valence-corrected chi connectivity index (χ2v) is 7.50. The fraction of sp³-hybridized carbons (Fsp3) is 0.176. The maximum Gasteiger partial charge on any atom is 0.255 e. The van der Waals surface area contributed by atoms with E-state index < -0.39 is 0 Å². The molecule has 2 aromatic heterocycles. The van der Waals surface area contributed by atoms with Gasteiger partial charge in [0.05, 0.1) is 22.2 Å². The summed E-state index contributed by atoms with van der Waals surface area (Å²) in [4.78, 5) is 25.8. The summed E-state index contributed by atoms with van der Waals surface area (Å²) < 4.78 is 1.69. The van der Waals surface area contributed by atoms with E-state index in [1.165, 1.54) is 11.8 Å². The molecule has 4 nitrogen and oxygen atoms in total. The Hall–Kier alpha value is -2.05. The van der Waals surface area contributed by atoms with Crippen LogP contribution in [-0.2, 0) is 11.8 Å². The van der Waals surface area contributed by atoms with Crippen LogP contribution in [0.25, 0.3) is 10.9 Å². The largest absolute Gasteiger partial charge is 0.324 e. The number of carbonyl (C=O) groups excluding carboxylic acids is 1. The van der Waals surface area contributed by atoms with Gasteiger partial charge in [-0.05, 0) is 29.0 Å². The Bertz CT molecular complexity index is 974. The van der Waals surface area contributed by atoms with E-state index in [1.54, 1.807) is 23.0 Å². The van der Waals surface area contributed by atoms with E-state index in [1.807, 2.05) is 41.8 Å². The number of nitrogens with one attached hydrogen (secondary N) is 1. The van der Waals surface area contributed by atoms with Crippen molar-refractivity contribution in [1.29, 1.82) is 0 Å². The third-order valence-electron chi connectivity index (χ3n) is 4.03. The highest BCUT2D eigenvalue weighted by molar-refractivity contribution is 8.00. The lowest BCUT2D eigenvalue weighted by Crippen LogP contribution is -2.23. The topological polar surface area (TPSA) is 51.1 Å². The van der Waals surface area contributed by atoms with E-state index in [-0.39, 0.29) is 16.7 Å². The fourth-order valence-electron chi connectivity index (χ4n) is 2.91. The molecule has 0 radical (unpaired) electrons. The predicted molar refractivity (Wildman–Crippen MR) is 96.4 cm³/mol. The van der Waals surface area contributed by atoms with E-state index >= 15 is 0 Å². The van der Waals surface area contributed by atoms with Gasteiger partial charge in [-0.25, -0.2) is 0 Å². The Morgan fingerprint density at radius 1 is 1.22 bits per heavy atom. The molecule has 3 aromatic rings. The summed E-state index contributed by atoms with van der Waals surface area (Å²) in [5.74, 6) is 0.331. The van der Waals surface area contributed by atoms with E-state index in [4.69, 9.17) is 0 Å². The molecule has 0 aliphatic carbocycles. The first-order chi connectivity index (χ1) is 11.1. The van der Waals surface area contributed by atoms with Crippen LogP contribution in [0.4, 0.5) is 5.69 Å². The van der Waals surface area contributed by atoms with Crippen molar-refractivity contribution in [2.24, 2.45) is 7.05 Å². The summed E-state index contributed by atoms with van der Waals surface area (Å²) in [7, 11) is 1.80. The van der Waals surface area contributed by atoms with E-state index in [0.717, 1.165) is 27.0 Å². The number of hydrogen-bond donors (Lipinski definition) is 1. The standard InChI is InChI=1S/C17H14N2O2S2/c1-19-13-5-3-2-4-10(13)8-11(17(19)21)15-16-12(6-7-22-16)18-14(20)9-23-15/h2-8,15H,9H2,1H3,(H,18,20)/t15-/m1/s1. The lowest BCUT2D eigenvalue weighted by atomic mass is 10.1. The van der Waals surface area contributed by atoms with Crippen molar-refractivity contribution in [2.75, 3.05) is 11.1 Å². The van der Waals surface area contributed by atoms with Crippen LogP contribution in [-0.4, -0.2) is 16.2 Å². The molecule has 4 rings (SSSR count). The first kappa shape index (κ1) is 14.5. The number of pyridine rings is 1. The van der Waals surface area contributed by atoms with Crippen LogP contribution in [0.2, 0.25) is 0 Å². The Morgan fingerprint density at radius 2 is 2.04 bits per heavy atom. The minimum Gasteiger partial charge on any atom is -0.324 e. The molecule has 0 saturated carbocycles. The minimum absolute atomic E-state index is 0.00472. The van der Waals surface area contributed by atoms with E-state index in [2.05, 4.69) is 5.32 Å². The molecule has 1 aliphatic rings. The van der Waals surface area contributed by atoms with E-state index in [9.17, 15) is 9.59 Å². The van der Waals surface area contributed by atoms with Gasteiger partial charge in [-0.2, -0.15) is 0 Å². The SMILES string of the molecule is Cn1c(=O)c([C@H]2SCC(=O)Nc3ccsc32)cc2ccccc21. The molecular formula is C17H14N2O2S2. The number of amides is 1. The van der Waals surface area contributed by atoms with Crippen molar-refractivity contribution in [3.63, 3.8) is 0 Å². The first-order valence-electron chi connectivity index (χ1n) is 7.22. The number of carbonyl (C=O) groups is 1. The molecule has 0 saturated heterocycles. The van der Waals surface area contributed by atoms with Gasteiger partial charge in [0.1, 0.15) is 0 Å². The zero-order valence-corrected chi connectivity index (χ0v) is 14.0. The number of para-hydroxylation sites is 1. The second-order valence-electron chi connectivity index (χ2n) is 5.46. The number of fused-ring (bicyclic) bond motifs is 2. The summed E-state index contributed by atoms with van der Waals surface area (Å²) >= 11 is 3.09. The van der Waals surface area contributed by atoms with Crippen LogP contribution in [0.1, 0.15) is 15.7 Å². The summed E-state index contributed by atoms with van der Waals surface area (Å²) in [6, 6.07) is 11.7. The average Bonchev–Trinajstić information content (AvgIpc) is 2.94. The summed E-state index contributed by atoms with van der Waals surface area (Å²) in [6.45, 7) is 0. The van der Waals surface area contributed by atoms with Crippen LogP contribution in [0.5, 0.6) is 0 Å². The Balaban J connectivity index is 1.95. The molecule has 6 heteroatoms. The maximum absolute atomic E-state index is 12.9. The summed E-state index contributed by atoms with van der Waals surface area (Å²) in [6.07, 6.45) is 0. The van der Waals surface area contributed by atoms with Gasteiger partial charge in [0.15, 0.2) is 0 Å². The molecule has 1 N–H and O–H groups in total. The number of aromatic nitrogens is 1.